The molecule has 0 radical (unpaired) electrons. The minimum Gasteiger partial charge on any atom is -0.486 e. The molecule has 1 atom stereocenters. The first kappa shape index (κ1) is 20.2. The Morgan fingerprint density at radius 2 is 1.90 bits per heavy atom. The number of amides is 1. The van der Waals surface area contributed by atoms with Crippen LogP contribution in [-0.2, 0) is 14.8 Å². The van der Waals surface area contributed by atoms with Crippen LogP contribution in [0.3, 0.4) is 0 Å². The van der Waals surface area contributed by atoms with E-state index in [-0.39, 0.29) is 17.9 Å². The van der Waals surface area contributed by atoms with Crippen molar-refractivity contribution >= 4 is 27.3 Å². The van der Waals surface area contributed by atoms with Gasteiger partial charge in [0.1, 0.15) is 17.4 Å². The Hall–Kier alpha value is -2.10. The first-order valence-electron chi connectivity index (χ1n) is 9.69. The second-order valence-corrected chi connectivity index (χ2v) is 10.4. The third-order valence-electron chi connectivity index (χ3n) is 5.34. The second kappa shape index (κ2) is 8.33. The molecule has 4 rings (SSSR count). The lowest BCUT2D eigenvalue weighted by atomic mass is 9.96. The van der Waals surface area contributed by atoms with Gasteiger partial charge >= 0.3 is 0 Å². The fourth-order valence-corrected chi connectivity index (χ4v) is 6.25. The molecule has 1 aromatic carbocycles. The Bertz CT molecular complexity index is 967. The number of carbonyl (C=O) groups excluding carboxylic acids is 1. The zero-order chi connectivity index (χ0) is 20.4. The minimum atomic E-state index is -3.45. The number of rotatable bonds is 5. The van der Waals surface area contributed by atoms with Gasteiger partial charge in [-0.1, -0.05) is 12.1 Å². The summed E-state index contributed by atoms with van der Waals surface area (Å²) in [6, 6.07) is 8.86. The smallest absolute Gasteiger partial charge is 0.252 e. The largest absolute Gasteiger partial charge is 0.486 e. The van der Waals surface area contributed by atoms with Crippen molar-refractivity contribution in [2.24, 2.45) is 5.92 Å². The molecule has 1 fully saturated rings. The average Bonchev–Trinajstić information content (AvgIpc) is 3.29. The maximum absolute atomic E-state index is 12.7. The summed E-state index contributed by atoms with van der Waals surface area (Å²) >= 11 is 1.22. The molecule has 2 aliphatic rings. The van der Waals surface area contributed by atoms with Crippen molar-refractivity contribution in [2.75, 3.05) is 26.3 Å². The lowest BCUT2D eigenvalue weighted by Gasteiger charge is -2.31. The van der Waals surface area contributed by atoms with Gasteiger partial charge in [-0.15, -0.1) is 11.3 Å². The summed E-state index contributed by atoms with van der Waals surface area (Å²) in [5, 5.41) is 4.81. The van der Waals surface area contributed by atoms with Gasteiger partial charge in [0.2, 0.25) is 5.91 Å². The van der Waals surface area contributed by atoms with E-state index in [0.29, 0.717) is 49.1 Å². The van der Waals surface area contributed by atoms with E-state index >= 15 is 0 Å². The van der Waals surface area contributed by atoms with Crippen molar-refractivity contribution < 1.29 is 22.7 Å². The highest BCUT2D eigenvalue weighted by molar-refractivity contribution is 7.91. The number of sulfonamides is 1. The molecule has 0 saturated carbocycles. The highest BCUT2D eigenvalue weighted by Crippen LogP contribution is 2.33. The van der Waals surface area contributed by atoms with Crippen molar-refractivity contribution in [3.05, 3.63) is 41.3 Å². The van der Waals surface area contributed by atoms with E-state index < -0.39 is 10.0 Å². The topological polar surface area (TPSA) is 84.9 Å². The summed E-state index contributed by atoms with van der Waals surface area (Å²) in [7, 11) is -3.45. The van der Waals surface area contributed by atoms with Crippen LogP contribution in [-0.4, -0.2) is 44.9 Å². The molecule has 0 spiro atoms. The Labute approximate surface area is 174 Å². The average molecular weight is 437 g/mol. The first-order chi connectivity index (χ1) is 13.9. The molecular formula is C20H24N2O5S2. The van der Waals surface area contributed by atoms with Crippen molar-refractivity contribution in [1.82, 2.24) is 9.62 Å². The normalized spacial score (nSPS) is 18.9. The summed E-state index contributed by atoms with van der Waals surface area (Å²) in [5.41, 5.74) is 0.945. The molecule has 1 unspecified atom stereocenters. The molecule has 3 heterocycles. The van der Waals surface area contributed by atoms with Crippen LogP contribution in [0.5, 0.6) is 11.5 Å². The summed E-state index contributed by atoms with van der Waals surface area (Å²) in [6.45, 7) is 3.71. The van der Waals surface area contributed by atoms with E-state index in [1.54, 1.807) is 17.5 Å². The van der Waals surface area contributed by atoms with Gasteiger partial charge in [-0.2, -0.15) is 4.31 Å². The molecule has 1 N–H and O–H groups in total. The minimum absolute atomic E-state index is 0.0411. The molecule has 2 aromatic rings. The van der Waals surface area contributed by atoms with Crippen LogP contribution in [0.4, 0.5) is 0 Å². The Balaban J connectivity index is 1.34. The molecule has 7 nitrogen and oxygen atoms in total. The van der Waals surface area contributed by atoms with E-state index in [4.69, 9.17) is 9.47 Å². The third-order valence-corrected chi connectivity index (χ3v) is 8.61. The van der Waals surface area contributed by atoms with E-state index in [2.05, 4.69) is 5.32 Å². The van der Waals surface area contributed by atoms with Crippen molar-refractivity contribution in [3.8, 4) is 11.5 Å². The number of benzene rings is 1. The summed E-state index contributed by atoms with van der Waals surface area (Å²) < 4.78 is 38.2. The van der Waals surface area contributed by atoms with Gasteiger partial charge in [0.25, 0.3) is 10.0 Å². The molecule has 1 amide bonds. The fraction of sp³-hybridized carbons (Fsp3) is 0.450. The monoisotopic (exact) mass is 436 g/mol. The van der Waals surface area contributed by atoms with Crippen LogP contribution < -0.4 is 14.8 Å². The van der Waals surface area contributed by atoms with Crippen LogP contribution in [0.15, 0.2) is 39.9 Å². The third kappa shape index (κ3) is 4.26. The van der Waals surface area contributed by atoms with Crippen LogP contribution in [0.2, 0.25) is 0 Å². The zero-order valence-electron chi connectivity index (χ0n) is 16.2. The van der Waals surface area contributed by atoms with E-state index in [1.807, 2.05) is 25.1 Å². The summed E-state index contributed by atoms with van der Waals surface area (Å²) in [5.74, 6) is 1.18. The van der Waals surface area contributed by atoms with Crippen molar-refractivity contribution in [2.45, 2.75) is 30.0 Å². The lowest BCUT2D eigenvalue weighted by Crippen LogP contribution is -2.43. The van der Waals surface area contributed by atoms with Crippen LogP contribution in [0.25, 0.3) is 0 Å². The molecule has 1 aromatic heterocycles. The van der Waals surface area contributed by atoms with Gasteiger partial charge < -0.3 is 14.8 Å². The highest BCUT2D eigenvalue weighted by Gasteiger charge is 2.33. The van der Waals surface area contributed by atoms with Crippen LogP contribution >= 0.6 is 11.3 Å². The van der Waals surface area contributed by atoms with E-state index in [1.165, 1.54) is 15.6 Å². The number of piperidine rings is 1. The highest BCUT2D eigenvalue weighted by atomic mass is 32.2. The maximum atomic E-state index is 12.7. The van der Waals surface area contributed by atoms with Gasteiger partial charge in [0.15, 0.2) is 11.5 Å². The SMILES string of the molecule is CC(NC(=O)C1CCN(S(=O)(=O)c2cccs2)CC1)c1ccc2c(c1)OCCO2. The van der Waals surface area contributed by atoms with Crippen molar-refractivity contribution in [1.29, 1.82) is 0 Å². The number of hydrogen-bond donors (Lipinski definition) is 1. The van der Waals surface area contributed by atoms with E-state index in [9.17, 15) is 13.2 Å². The molecule has 1 saturated heterocycles. The van der Waals surface area contributed by atoms with E-state index in [0.717, 1.165) is 11.3 Å². The standard InChI is InChI=1S/C20H24N2O5S2/c1-14(16-4-5-17-18(13-16)27-11-10-26-17)21-20(23)15-6-8-22(9-7-15)29(24,25)19-3-2-12-28-19/h2-5,12-15H,6-11H2,1H3,(H,21,23). The van der Waals surface area contributed by atoms with Gasteiger partial charge in [0, 0.05) is 19.0 Å². The molecule has 2 aliphatic heterocycles. The number of thiophene rings is 1. The van der Waals surface area contributed by atoms with Gasteiger partial charge in [-0.05, 0) is 48.9 Å². The molecule has 0 bridgehead atoms. The lowest BCUT2D eigenvalue weighted by molar-refractivity contribution is -0.126. The van der Waals surface area contributed by atoms with Gasteiger partial charge in [-0.3, -0.25) is 4.79 Å². The maximum Gasteiger partial charge on any atom is 0.252 e. The predicted octanol–water partition coefficient (Wildman–Crippen LogP) is 2.80. The Morgan fingerprint density at radius 3 is 2.59 bits per heavy atom. The number of fused-ring (bicyclic) bond motifs is 1. The second-order valence-electron chi connectivity index (χ2n) is 7.24. The quantitative estimate of drug-likeness (QED) is 0.779. The fourth-order valence-electron chi connectivity index (χ4n) is 3.64. The van der Waals surface area contributed by atoms with Gasteiger partial charge in [0.05, 0.1) is 6.04 Å². The number of nitrogens with one attached hydrogen (secondary N) is 1. The number of nitrogens with zero attached hydrogens (tertiary/aromatic N) is 1. The Kier molecular flexibility index (Phi) is 5.80. The zero-order valence-corrected chi connectivity index (χ0v) is 17.8. The molecule has 0 aliphatic carbocycles. The first-order valence-corrected chi connectivity index (χ1v) is 12.0. The van der Waals surface area contributed by atoms with Crippen LogP contribution in [0, 0.1) is 5.92 Å². The Morgan fingerprint density at radius 1 is 1.17 bits per heavy atom. The van der Waals surface area contributed by atoms with Crippen molar-refractivity contribution in [3.63, 3.8) is 0 Å². The molecule has 29 heavy (non-hydrogen) atoms. The summed E-state index contributed by atoms with van der Waals surface area (Å²) in [4.78, 5) is 12.7. The van der Waals surface area contributed by atoms with Crippen LogP contribution in [0.1, 0.15) is 31.4 Å². The predicted molar refractivity (Wildman–Crippen MR) is 110 cm³/mol. The number of carbonyl (C=O) groups is 1. The van der Waals surface area contributed by atoms with Gasteiger partial charge in [-0.25, -0.2) is 8.42 Å². The number of ether oxygens (including phenoxy) is 2. The molecular weight excluding hydrogens is 412 g/mol. The number of hydrogen-bond acceptors (Lipinski definition) is 6. The summed E-state index contributed by atoms with van der Waals surface area (Å²) in [6.07, 6.45) is 1.04. The molecule has 9 heteroatoms. The molecule has 156 valence electrons.